The molecule has 3 N–H and O–H groups in total. The van der Waals surface area contributed by atoms with E-state index in [9.17, 15) is 9.59 Å². The lowest BCUT2D eigenvalue weighted by atomic mass is 10.1. The van der Waals surface area contributed by atoms with Crippen molar-refractivity contribution in [2.75, 3.05) is 5.32 Å². The number of aromatic nitrogens is 2. The van der Waals surface area contributed by atoms with Crippen LogP contribution in [0.25, 0.3) is 11.5 Å². The second-order valence-electron chi connectivity index (χ2n) is 6.76. The number of benzene rings is 1. The number of anilines is 1. The number of carbonyl (C=O) groups excluding carboxylic acids is 2. The van der Waals surface area contributed by atoms with Crippen molar-refractivity contribution < 1.29 is 14.0 Å². The van der Waals surface area contributed by atoms with Gasteiger partial charge in [0.25, 0.3) is 5.91 Å². The summed E-state index contributed by atoms with van der Waals surface area (Å²) in [4.78, 5) is 24.4. The lowest BCUT2D eigenvalue weighted by molar-refractivity contribution is -0.119. The van der Waals surface area contributed by atoms with E-state index in [0.717, 1.165) is 17.7 Å². The lowest BCUT2D eigenvalue weighted by Gasteiger charge is -2.11. The number of amides is 2. The fraction of sp³-hybridized carbons (Fsp3) is 0.286. The van der Waals surface area contributed by atoms with E-state index in [-0.39, 0.29) is 23.4 Å². The van der Waals surface area contributed by atoms with Crippen molar-refractivity contribution in [2.24, 2.45) is 5.92 Å². The van der Waals surface area contributed by atoms with Crippen molar-refractivity contribution in [3.8, 4) is 11.5 Å². The SMILES string of the molecule is CCC(C)C(=O)Nc1cccc(CNC(=O)c2cc(-c3ccc(C)o3)[nH]n2)c1. The number of aryl methyl sites for hydroxylation is 1. The first-order valence-electron chi connectivity index (χ1n) is 9.26. The molecular formula is C21H24N4O3. The summed E-state index contributed by atoms with van der Waals surface area (Å²) < 4.78 is 5.52. The van der Waals surface area contributed by atoms with Crippen molar-refractivity contribution in [3.05, 3.63) is 59.5 Å². The molecule has 28 heavy (non-hydrogen) atoms. The maximum atomic E-state index is 12.4. The van der Waals surface area contributed by atoms with Gasteiger partial charge >= 0.3 is 0 Å². The van der Waals surface area contributed by atoms with Gasteiger partial charge in [0, 0.05) is 24.2 Å². The quantitative estimate of drug-likeness (QED) is 0.579. The van der Waals surface area contributed by atoms with Crippen LogP contribution in [0.1, 0.15) is 42.1 Å². The van der Waals surface area contributed by atoms with Gasteiger partial charge in [0.2, 0.25) is 5.91 Å². The molecule has 0 aliphatic heterocycles. The molecule has 1 unspecified atom stereocenters. The Hall–Kier alpha value is -3.35. The summed E-state index contributed by atoms with van der Waals surface area (Å²) in [6.07, 6.45) is 0.783. The second kappa shape index (κ2) is 8.56. The summed E-state index contributed by atoms with van der Waals surface area (Å²) in [5.41, 5.74) is 2.53. The van der Waals surface area contributed by atoms with Gasteiger partial charge in [-0.2, -0.15) is 5.10 Å². The third kappa shape index (κ3) is 4.68. The summed E-state index contributed by atoms with van der Waals surface area (Å²) in [5.74, 6) is 1.07. The Morgan fingerprint density at radius 3 is 2.75 bits per heavy atom. The zero-order chi connectivity index (χ0) is 20.1. The van der Waals surface area contributed by atoms with Gasteiger partial charge in [-0.1, -0.05) is 26.0 Å². The monoisotopic (exact) mass is 380 g/mol. The molecule has 0 fully saturated rings. The number of H-pyrrole nitrogens is 1. The fourth-order valence-corrected chi connectivity index (χ4v) is 2.63. The van der Waals surface area contributed by atoms with Gasteiger partial charge in [0.1, 0.15) is 11.5 Å². The molecular weight excluding hydrogens is 356 g/mol. The maximum Gasteiger partial charge on any atom is 0.272 e. The van der Waals surface area contributed by atoms with Gasteiger partial charge in [-0.15, -0.1) is 0 Å². The molecule has 0 saturated carbocycles. The van der Waals surface area contributed by atoms with Crippen LogP contribution in [-0.2, 0) is 11.3 Å². The summed E-state index contributed by atoms with van der Waals surface area (Å²) in [5, 5.41) is 12.6. The molecule has 2 amide bonds. The van der Waals surface area contributed by atoms with Crippen LogP contribution in [-0.4, -0.2) is 22.0 Å². The van der Waals surface area contributed by atoms with Crippen LogP contribution in [0.2, 0.25) is 0 Å². The minimum absolute atomic E-state index is 0.0131. The summed E-state index contributed by atoms with van der Waals surface area (Å²) >= 11 is 0. The Morgan fingerprint density at radius 2 is 2.04 bits per heavy atom. The van der Waals surface area contributed by atoms with E-state index < -0.39 is 0 Å². The van der Waals surface area contributed by atoms with Crippen LogP contribution in [0.15, 0.2) is 46.9 Å². The molecule has 0 aliphatic carbocycles. The van der Waals surface area contributed by atoms with E-state index in [1.807, 2.05) is 57.2 Å². The van der Waals surface area contributed by atoms with E-state index >= 15 is 0 Å². The molecule has 0 saturated heterocycles. The van der Waals surface area contributed by atoms with Crippen molar-refractivity contribution in [1.29, 1.82) is 0 Å². The first-order chi connectivity index (χ1) is 13.5. The molecule has 1 atom stereocenters. The average molecular weight is 380 g/mol. The van der Waals surface area contributed by atoms with Gasteiger partial charge in [-0.25, -0.2) is 0 Å². The first-order valence-corrected chi connectivity index (χ1v) is 9.26. The number of hydrogen-bond donors (Lipinski definition) is 3. The van der Waals surface area contributed by atoms with E-state index in [0.29, 0.717) is 23.7 Å². The van der Waals surface area contributed by atoms with Crippen molar-refractivity contribution >= 4 is 17.5 Å². The number of nitrogens with one attached hydrogen (secondary N) is 3. The topological polar surface area (TPSA) is 100 Å². The van der Waals surface area contributed by atoms with Gasteiger partial charge < -0.3 is 15.1 Å². The van der Waals surface area contributed by atoms with Crippen molar-refractivity contribution in [2.45, 2.75) is 33.7 Å². The van der Waals surface area contributed by atoms with Crippen LogP contribution in [0.4, 0.5) is 5.69 Å². The highest BCUT2D eigenvalue weighted by Gasteiger charge is 2.14. The number of furan rings is 1. The highest BCUT2D eigenvalue weighted by atomic mass is 16.3. The Bertz CT molecular complexity index is 973. The van der Waals surface area contributed by atoms with Gasteiger partial charge in [0.15, 0.2) is 11.5 Å². The Morgan fingerprint density at radius 1 is 1.21 bits per heavy atom. The highest BCUT2D eigenvalue weighted by molar-refractivity contribution is 5.93. The molecule has 3 aromatic rings. The van der Waals surface area contributed by atoms with Crippen molar-refractivity contribution in [3.63, 3.8) is 0 Å². The summed E-state index contributed by atoms with van der Waals surface area (Å²) in [6.45, 7) is 6.05. The molecule has 146 valence electrons. The molecule has 0 bridgehead atoms. The maximum absolute atomic E-state index is 12.4. The van der Waals surface area contributed by atoms with Crippen LogP contribution >= 0.6 is 0 Å². The first kappa shape index (κ1) is 19.4. The summed E-state index contributed by atoms with van der Waals surface area (Å²) in [6, 6.07) is 12.7. The predicted molar refractivity (Wildman–Crippen MR) is 107 cm³/mol. The van der Waals surface area contributed by atoms with Crippen LogP contribution in [0.3, 0.4) is 0 Å². The molecule has 7 nitrogen and oxygen atoms in total. The normalized spacial score (nSPS) is 11.8. The van der Waals surface area contributed by atoms with Crippen molar-refractivity contribution in [1.82, 2.24) is 15.5 Å². The average Bonchev–Trinajstić information content (AvgIpc) is 3.34. The molecule has 3 rings (SSSR count). The largest absolute Gasteiger partial charge is 0.460 e. The zero-order valence-corrected chi connectivity index (χ0v) is 16.2. The number of aromatic amines is 1. The molecule has 0 spiro atoms. The molecule has 0 aliphatic rings. The molecule has 0 radical (unpaired) electrons. The Labute approximate surface area is 163 Å². The van der Waals surface area contributed by atoms with E-state index in [2.05, 4.69) is 20.8 Å². The van der Waals surface area contributed by atoms with Crippen LogP contribution in [0, 0.1) is 12.8 Å². The number of carbonyl (C=O) groups is 2. The molecule has 2 aromatic heterocycles. The third-order valence-electron chi connectivity index (χ3n) is 4.52. The Balaban J connectivity index is 1.60. The van der Waals surface area contributed by atoms with E-state index in [4.69, 9.17) is 4.42 Å². The second-order valence-corrected chi connectivity index (χ2v) is 6.76. The zero-order valence-electron chi connectivity index (χ0n) is 16.2. The minimum Gasteiger partial charge on any atom is -0.460 e. The van der Waals surface area contributed by atoms with E-state index in [1.165, 1.54) is 0 Å². The van der Waals surface area contributed by atoms with E-state index in [1.54, 1.807) is 6.07 Å². The smallest absolute Gasteiger partial charge is 0.272 e. The molecule has 1 aromatic carbocycles. The van der Waals surface area contributed by atoms with Gasteiger partial charge in [0.05, 0.1) is 0 Å². The van der Waals surface area contributed by atoms with Gasteiger partial charge in [-0.3, -0.25) is 14.7 Å². The highest BCUT2D eigenvalue weighted by Crippen LogP contribution is 2.20. The predicted octanol–water partition coefficient (Wildman–Crippen LogP) is 3.89. The molecule has 2 heterocycles. The number of hydrogen-bond acceptors (Lipinski definition) is 4. The minimum atomic E-state index is -0.292. The fourth-order valence-electron chi connectivity index (χ4n) is 2.63. The number of nitrogens with zero attached hydrogens (tertiary/aromatic N) is 1. The van der Waals surface area contributed by atoms with Gasteiger partial charge in [-0.05, 0) is 43.2 Å². The third-order valence-corrected chi connectivity index (χ3v) is 4.52. The molecule has 7 heteroatoms. The standard InChI is InChI=1S/C21H24N4O3/c1-4-13(2)20(26)23-16-7-5-6-15(10-16)12-22-21(27)18-11-17(24-25-18)19-9-8-14(3)28-19/h5-11,13H,4,12H2,1-3H3,(H,22,27)(H,23,26)(H,24,25). The summed E-state index contributed by atoms with van der Waals surface area (Å²) in [7, 11) is 0. The lowest BCUT2D eigenvalue weighted by Crippen LogP contribution is -2.23. The Kier molecular flexibility index (Phi) is 5.93. The van der Waals surface area contributed by atoms with Crippen LogP contribution in [0.5, 0.6) is 0 Å². The number of rotatable bonds is 7. The van der Waals surface area contributed by atoms with Crippen LogP contribution < -0.4 is 10.6 Å².